The lowest BCUT2D eigenvalue weighted by atomic mass is 10.1. The van der Waals surface area contributed by atoms with Crippen LogP contribution in [0.4, 0.5) is 5.69 Å². The van der Waals surface area contributed by atoms with Gasteiger partial charge >= 0.3 is 0 Å². The molecule has 1 aromatic heterocycles. The molecule has 5 nitrogen and oxygen atoms in total. The summed E-state index contributed by atoms with van der Waals surface area (Å²) in [5.41, 5.74) is 4.94. The van der Waals surface area contributed by atoms with Crippen LogP contribution in [0.25, 0.3) is 0 Å². The lowest BCUT2D eigenvalue weighted by molar-refractivity contribution is 0.0953. The summed E-state index contributed by atoms with van der Waals surface area (Å²) in [4.78, 5) is 29.0. The van der Waals surface area contributed by atoms with Gasteiger partial charge in [0.25, 0.3) is 11.8 Å². The summed E-state index contributed by atoms with van der Waals surface area (Å²) in [5, 5.41) is 5.74. The van der Waals surface area contributed by atoms with Crippen molar-refractivity contribution in [3.63, 3.8) is 0 Å². The first-order valence-electron chi connectivity index (χ1n) is 9.69. The van der Waals surface area contributed by atoms with Gasteiger partial charge in [-0.1, -0.05) is 36.4 Å². The average molecular weight is 387 g/mol. The van der Waals surface area contributed by atoms with Crippen LogP contribution < -0.4 is 10.6 Å². The summed E-state index contributed by atoms with van der Waals surface area (Å²) >= 11 is 0. The highest BCUT2D eigenvalue weighted by Gasteiger charge is 2.12. The maximum Gasteiger partial charge on any atom is 0.257 e. The van der Waals surface area contributed by atoms with Gasteiger partial charge in [0.15, 0.2) is 0 Å². The average Bonchev–Trinajstić information content (AvgIpc) is 2.74. The second-order valence-electron chi connectivity index (χ2n) is 7.06. The quantitative estimate of drug-likeness (QED) is 0.593. The summed E-state index contributed by atoms with van der Waals surface area (Å²) in [6.07, 6.45) is 4.68. The maximum atomic E-state index is 12.5. The smallest absolute Gasteiger partial charge is 0.257 e. The van der Waals surface area contributed by atoms with Crippen LogP contribution in [0.1, 0.15) is 43.8 Å². The largest absolute Gasteiger partial charge is 0.352 e. The molecule has 0 aliphatic heterocycles. The monoisotopic (exact) mass is 387 g/mol. The minimum absolute atomic E-state index is 0.230. The van der Waals surface area contributed by atoms with E-state index in [2.05, 4.69) is 27.8 Å². The minimum Gasteiger partial charge on any atom is -0.352 e. The highest BCUT2D eigenvalue weighted by atomic mass is 16.2. The molecule has 1 heterocycles. The molecule has 3 rings (SSSR count). The van der Waals surface area contributed by atoms with E-state index in [1.807, 2.05) is 50.2 Å². The Balaban J connectivity index is 1.55. The number of hydrogen-bond donors (Lipinski definition) is 2. The summed E-state index contributed by atoms with van der Waals surface area (Å²) in [6, 6.07) is 17.5. The Morgan fingerprint density at radius 2 is 1.59 bits per heavy atom. The molecule has 0 fully saturated rings. The molecule has 0 saturated heterocycles. The molecule has 0 radical (unpaired) electrons. The molecule has 0 unspecified atom stereocenters. The van der Waals surface area contributed by atoms with Gasteiger partial charge in [-0.15, -0.1) is 0 Å². The topological polar surface area (TPSA) is 71.1 Å². The summed E-state index contributed by atoms with van der Waals surface area (Å²) in [5.74, 6) is -0.522. The van der Waals surface area contributed by atoms with Crippen molar-refractivity contribution < 1.29 is 9.59 Å². The van der Waals surface area contributed by atoms with Crippen molar-refractivity contribution in [3.8, 4) is 0 Å². The molecule has 3 aromatic rings. The molecular weight excluding hydrogens is 362 g/mol. The van der Waals surface area contributed by atoms with Gasteiger partial charge in [0.2, 0.25) is 0 Å². The molecule has 2 amide bonds. The number of benzene rings is 2. The number of carbonyl (C=O) groups excluding carboxylic acids is 2. The Hall–Kier alpha value is -3.47. The molecule has 5 heteroatoms. The fourth-order valence-corrected chi connectivity index (χ4v) is 2.95. The Morgan fingerprint density at radius 1 is 0.862 bits per heavy atom. The van der Waals surface area contributed by atoms with Crippen LogP contribution in [0.15, 0.2) is 67.0 Å². The number of nitrogens with one attached hydrogen (secondary N) is 2. The molecule has 29 heavy (non-hydrogen) atoms. The van der Waals surface area contributed by atoms with Gasteiger partial charge in [0.1, 0.15) is 0 Å². The lowest BCUT2D eigenvalue weighted by Crippen LogP contribution is -2.25. The number of anilines is 1. The van der Waals surface area contributed by atoms with E-state index in [0.717, 1.165) is 24.0 Å². The van der Waals surface area contributed by atoms with Crippen LogP contribution in [0.5, 0.6) is 0 Å². The summed E-state index contributed by atoms with van der Waals surface area (Å²) in [7, 11) is 0. The Labute approximate surface area is 171 Å². The molecule has 2 aromatic carbocycles. The Kier molecular flexibility index (Phi) is 6.74. The van der Waals surface area contributed by atoms with E-state index in [4.69, 9.17) is 0 Å². The van der Waals surface area contributed by atoms with E-state index in [-0.39, 0.29) is 11.8 Å². The van der Waals surface area contributed by atoms with Gasteiger partial charge in [-0.3, -0.25) is 14.6 Å². The second kappa shape index (κ2) is 9.64. The van der Waals surface area contributed by atoms with Crippen LogP contribution in [0.2, 0.25) is 0 Å². The number of amides is 2. The van der Waals surface area contributed by atoms with Gasteiger partial charge < -0.3 is 10.6 Å². The molecule has 0 saturated carbocycles. The van der Waals surface area contributed by atoms with Gasteiger partial charge in [-0.05, 0) is 61.6 Å². The van der Waals surface area contributed by atoms with E-state index in [1.165, 1.54) is 18.0 Å². The fraction of sp³-hybridized carbons (Fsp3) is 0.208. The zero-order valence-corrected chi connectivity index (χ0v) is 16.7. The molecule has 0 aliphatic carbocycles. The summed E-state index contributed by atoms with van der Waals surface area (Å²) in [6.45, 7) is 4.58. The zero-order chi connectivity index (χ0) is 20.6. The van der Waals surface area contributed by atoms with E-state index < -0.39 is 0 Å². The first-order valence-corrected chi connectivity index (χ1v) is 9.69. The molecular formula is C24H25N3O2. The van der Waals surface area contributed by atoms with Gasteiger partial charge in [0.05, 0.1) is 11.1 Å². The number of rotatable bonds is 7. The van der Waals surface area contributed by atoms with Crippen molar-refractivity contribution >= 4 is 17.5 Å². The van der Waals surface area contributed by atoms with Crippen molar-refractivity contribution in [3.05, 3.63) is 94.8 Å². The van der Waals surface area contributed by atoms with Crippen LogP contribution in [-0.4, -0.2) is 23.3 Å². The van der Waals surface area contributed by atoms with Crippen LogP contribution in [0.3, 0.4) is 0 Å². The van der Waals surface area contributed by atoms with E-state index in [0.29, 0.717) is 23.4 Å². The van der Waals surface area contributed by atoms with E-state index in [1.54, 1.807) is 6.07 Å². The number of aromatic nitrogens is 1. The highest BCUT2D eigenvalue weighted by molar-refractivity contribution is 6.05. The highest BCUT2D eigenvalue weighted by Crippen LogP contribution is 2.15. The third-order valence-corrected chi connectivity index (χ3v) is 4.80. The van der Waals surface area contributed by atoms with Crippen LogP contribution in [-0.2, 0) is 6.42 Å². The minimum atomic E-state index is -0.292. The first kappa shape index (κ1) is 20.3. The molecule has 148 valence electrons. The van der Waals surface area contributed by atoms with Crippen molar-refractivity contribution in [1.82, 2.24) is 10.3 Å². The third-order valence-electron chi connectivity index (χ3n) is 4.80. The molecule has 0 atom stereocenters. The maximum absolute atomic E-state index is 12.5. The first-order chi connectivity index (χ1) is 14.0. The normalized spacial score (nSPS) is 10.4. The number of carbonyl (C=O) groups is 2. The summed E-state index contributed by atoms with van der Waals surface area (Å²) < 4.78 is 0. The Morgan fingerprint density at radius 3 is 2.31 bits per heavy atom. The van der Waals surface area contributed by atoms with E-state index in [9.17, 15) is 9.59 Å². The number of aryl methyl sites for hydroxylation is 3. The van der Waals surface area contributed by atoms with Gasteiger partial charge in [-0.25, -0.2) is 0 Å². The molecule has 0 spiro atoms. The second-order valence-corrected chi connectivity index (χ2v) is 7.06. The zero-order valence-electron chi connectivity index (χ0n) is 16.7. The Bertz CT molecular complexity index is 1000. The molecule has 0 bridgehead atoms. The molecule has 2 N–H and O–H groups in total. The lowest BCUT2D eigenvalue weighted by Gasteiger charge is -2.09. The van der Waals surface area contributed by atoms with Crippen molar-refractivity contribution in [2.24, 2.45) is 0 Å². The SMILES string of the molecule is Cc1ccc(NC(=O)c2cncc(C(=O)NCCCc3ccccc3)c2)cc1C. The molecule has 0 aliphatic rings. The fourth-order valence-electron chi connectivity index (χ4n) is 2.95. The number of pyridine rings is 1. The van der Waals surface area contributed by atoms with Crippen molar-refractivity contribution in [1.29, 1.82) is 0 Å². The van der Waals surface area contributed by atoms with Gasteiger partial charge in [-0.2, -0.15) is 0 Å². The third kappa shape index (κ3) is 5.75. The van der Waals surface area contributed by atoms with Crippen molar-refractivity contribution in [2.45, 2.75) is 26.7 Å². The predicted molar refractivity (Wildman–Crippen MR) is 115 cm³/mol. The number of nitrogens with zero attached hydrogens (tertiary/aromatic N) is 1. The standard InChI is InChI=1S/C24H25N3O2/c1-17-10-11-22(13-18(17)2)27-24(29)21-14-20(15-25-16-21)23(28)26-12-6-9-19-7-4-3-5-8-19/h3-5,7-8,10-11,13-16H,6,9,12H2,1-2H3,(H,26,28)(H,27,29). The predicted octanol–water partition coefficient (Wildman–Crippen LogP) is 4.31. The van der Waals surface area contributed by atoms with Crippen LogP contribution in [0, 0.1) is 13.8 Å². The van der Waals surface area contributed by atoms with Gasteiger partial charge in [0, 0.05) is 24.6 Å². The number of hydrogen-bond acceptors (Lipinski definition) is 3. The van der Waals surface area contributed by atoms with Crippen LogP contribution >= 0.6 is 0 Å². The van der Waals surface area contributed by atoms with Crippen molar-refractivity contribution in [2.75, 3.05) is 11.9 Å². The van der Waals surface area contributed by atoms with E-state index >= 15 is 0 Å².